The van der Waals surface area contributed by atoms with Gasteiger partial charge in [0.15, 0.2) is 0 Å². The van der Waals surface area contributed by atoms with E-state index in [2.05, 4.69) is 78.4 Å². The Morgan fingerprint density at radius 2 is 1.22 bits per heavy atom. The highest BCUT2D eigenvalue weighted by molar-refractivity contribution is 9.10. The molecule has 11 N–H and O–H groups in total. The van der Waals surface area contributed by atoms with Crippen LogP contribution < -0.4 is 37.0 Å². The number of hydrogen-bond donors (Lipinski definition) is 9. The fourth-order valence-corrected chi connectivity index (χ4v) is 11.4. The summed E-state index contributed by atoms with van der Waals surface area (Å²) in [4.78, 5) is 78.4. The minimum atomic E-state index is -3.86. The number of ether oxygens (including phenoxy) is 1. The summed E-state index contributed by atoms with van der Waals surface area (Å²) in [6, 6.07) is 33.5. The van der Waals surface area contributed by atoms with Crippen molar-refractivity contribution in [3.63, 3.8) is 0 Å². The number of nitrogens with one attached hydrogen (secondary N) is 6. The first-order valence-electron chi connectivity index (χ1n) is 28.4. The number of tetrazole rings is 2. The number of amides is 6. The number of carbonyl (C=O) groups is 6. The fourth-order valence-electron chi connectivity index (χ4n) is 10.5. The van der Waals surface area contributed by atoms with Crippen molar-refractivity contribution in [2.45, 2.75) is 108 Å². The molecule has 2 aliphatic carbocycles. The lowest BCUT2D eigenvalue weighted by atomic mass is 9.81. The molecule has 27 heteroatoms. The number of aromatic amines is 2. The molecule has 25 nitrogen and oxygen atoms in total. The molecule has 2 aromatic heterocycles. The molecule has 6 amide bonds. The van der Waals surface area contributed by atoms with E-state index >= 15 is 0 Å². The zero-order chi connectivity index (χ0) is 62.3. The van der Waals surface area contributed by atoms with E-state index in [1.54, 1.807) is 65.6 Å². The molecule has 0 aliphatic heterocycles. The van der Waals surface area contributed by atoms with Crippen LogP contribution in [0.3, 0.4) is 0 Å². The molecule has 2 heterocycles. The van der Waals surface area contributed by atoms with Crippen molar-refractivity contribution < 1.29 is 47.0 Å². The smallest absolute Gasteiger partial charge is 0.407 e. The maximum Gasteiger partial charge on any atom is 0.407 e. The number of primary sulfonamides is 1. The summed E-state index contributed by atoms with van der Waals surface area (Å²) in [6.45, 7) is 6.31. The molecule has 458 valence electrons. The van der Waals surface area contributed by atoms with E-state index in [-0.39, 0.29) is 53.2 Å². The second kappa shape index (κ2) is 29.4. The van der Waals surface area contributed by atoms with Gasteiger partial charge in [-0.2, -0.15) is 10.4 Å². The van der Waals surface area contributed by atoms with Gasteiger partial charge in [0.2, 0.25) is 45.3 Å². The average Bonchev–Trinajstić information content (AvgIpc) is 2.68. The molecule has 87 heavy (non-hydrogen) atoms. The molecule has 5 aromatic carbocycles. The standard InChI is InChI=1S/C31H34N8O6S.C29H36BrN7O4/c32-46(44,45)26-3-1-2-24(17-26)21-8-4-19(5-9-21)16-27(35-29(40)23-10-6-20(7-11-23)18-33-31(42)43)30(41)34-25-14-12-22(13-15-25)28-36-38-39-37-28;1-29(2,3)41-28(40)32-17-19-4-8-21(9-5-19)27(39)37(23-14-10-20(11-15-23)26-33-35-36-34-26)24(25(31)38)16-18-6-12-22(30)13-7-18/h1-5,8-9,12-15,17,20,23,27,33H,6-7,10-11,16,18H2,(H,34,41)(H,35,40)(H,42,43)(H2,32,44,45)(H,36,37,38,39);6-7,10-15,19,21,24H,4-5,8-9,16-17H2,1-3H3,(H2,31,38)(H,32,40)(H,33,34,35,36)/t20?,23?,27-;19?,21?,24-/m00/s1. The number of rotatable bonds is 20. The summed E-state index contributed by atoms with van der Waals surface area (Å²) >= 11 is 3.44. The summed E-state index contributed by atoms with van der Waals surface area (Å²) in [5, 5.41) is 53.1. The van der Waals surface area contributed by atoms with Gasteiger partial charge in [0.25, 0.3) is 0 Å². The van der Waals surface area contributed by atoms with Crippen LogP contribution in [-0.2, 0) is 46.8 Å². The van der Waals surface area contributed by atoms with Gasteiger partial charge >= 0.3 is 12.2 Å². The molecular formula is C60H70BrN15O10S. The molecule has 2 aliphatic rings. The van der Waals surface area contributed by atoms with Crippen LogP contribution >= 0.6 is 15.9 Å². The van der Waals surface area contributed by atoms with Crippen LogP contribution in [-0.4, -0.2) is 121 Å². The summed E-state index contributed by atoms with van der Waals surface area (Å²) in [5.41, 5.74) is 11.0. The molecule has 7 aromatic rings. The van der Waals surface area contributed by atoms with E-state index in [1.165, 1.54) is 12.1 Å². The van der Waals surface area contributed by atoms with Crippen LogP contribution in [0.2, 0.25) is 0 Å². The lowest BCUT2D eigenvalue weighted by molar-refractivity contribution is -0.130. The van der Waals surface area contributed by atoms with Gasteiger partial charge in [-0.15, -0.1) is 20.4 Å². The number of nitrogens with zero attached hydrogens (tertiary/aromatic N) is 7. The highest BCUT2D eigenvalue weighted by Gasteiger charge is 2.37. The number of carbonyl (C=O) groups excluding carboxylic acids is 5. The van der Waals surface area contributed by atoms with E-state index in [0.717, 1.165) is 39.6 Å². The molecular weight excluding hydrogens is 1200 g/mol. The highest BCUT2D eigenvalue weighted by atomic mass is 79.9. The van der Waals surface area contributed by atoms with Crippen molar-refractivity contribution in [1.82, 2.24) is 57.2 Å². The van der Waals surface area contributed by atoms with Gasteiger partial charge in [0.1, 0.15) is 17.7 Å². The predicted octanol–water partition coefficient (Wildman–Crippen LogP) is 7.31. The molecule has 2 fully saturated rings. The predicted molar refractivity (Wildman–Crippen MR) is 326 cm³/mol. The molecule has 2 saturated carbocycles. The molecule has 0 saturated heterocycles. The average molecular weight is 1270 g/mol. The van der Waals surface area contributed by atoms with Crippen molar-refractivity contribution in [1.29, 1.82) is 0 Å². The van der Waals surface area contributed by atoms with Gasteiger partial charge < -0.3 is 36.8 Å². The number of nitrogens with two attached hydrogens (primary N) is 2. The van der Waals surface area contributed by atoms with Gasteiger partial charge in [0, 0.05) is 64.7 Å². The van der Waals surface area contributed by atoms with Gasteiger partial charge in [-0.1, -0.05) is 64.5 Å². The number of aromatic nitrogens is 8. The van der Waals surface area contributed by atoms with Crippen LogP contribution in [0.25, 0.3) is 33.9 Å². The van der Waals surface area contributed by atoms with Gasteiger partial charge in [-0.3, -0.25) is 24.1 Å². The van der Waals surface area contributed by atoms with Crippen LogP contribution in [0.4, 0.5) is 21.0 Å². The third-order valence-electron chi connectivity index (χ3n) is 15.1. The number of H-pyrrole nitrogens is 2. The number of primary amides is 1. The van der Waals surface area contributed by atoms with Crippen LogP contribution in [0, 0.1) is 23.7 Å². The third kappa shape index (κ3) is 18.8. The maximum absolute atomic E-state index is 14.1. The Bertz CT molecular complexity index is 3560. The number of alkyl carbamates (subject to hydrolysis) is 1. The van der Waals surface area contributed by atoms with Crippen molar-refractivity contribution in [2.24, 2.45) is 34.5 Å². The van der Waals surface area contributed by atoms with E-state index in [1.807, 2.05) is 69.3 Å². The molecule has 9 rings (SSSR count). The Kier molecular flexibility index (Phi) is 21.7. The van der Waals surface area contributed by atoms with E-state index in [0.29, 0.717) is 85.8 Å². The lowest BCUT2D eigenvalue weighted by Crippen LogP contribution is -2.52. The second-order valence-electron chi connectivity index (χ2n) is 22.6. The number of sulfonamides is 1. The Morgan fingerprint density at radius 3 is 1.75 bits per heavy atom. The number of hydrogen-bond acceptors (Lipinski definition) is 15. The Balaban J connectivity index is 0.000000227. The van der Waals surface area contributed by atoms with E-state index in [4.69, 9.17) is 20.7 Å². The molecule has 2 atom stereocenters. The van der Waals surface area contributed by atoms with Gasteiger partial charge in [0.05, 0.1) is 4.90 Å². The normalized spacial score (nSPS) is 17.4. The zero-order valence-corrected chi connectivity index (χ0v) is 50.6. The van der Waals surface area contributed by atoms with Crippen molar-refractivity contribution in [3.8, 4) is 33.9 Å². The van der Waals surface area contributed by atoms with Crippen LogP contribution in [0.15, 0.2) is 131 Å². The topological polar surface area (TPSA) is 378 Å². The molecule has 0 bridgehead atoms. The number of benzene rings is 5. The number of anilines is 2. The minimum Gasteiger partial charge on any atom is -0.465 e. The fraction of sp³-hybridized carbons (Fsp3) is 0.367. The molecule has 0 spiro atoms. The number of carboxylic acid groups (broad SMARTS) is 1. The van der Waals surface area contributed by atoms with E-state index in [9.17, 15) is 37.2 Å². The van der Waals surface area contributed by atoms with Crippen molar-refractivity contribution in [3.05, 3.63) is 137 Å². The first kappa shape index (κ1) is 64.1. The minimum absolute atomic E-state index is 0.00558. The van der Waals surface area contributed by atoms with Gasteiger partial charge in [-0.25, -0.2) is 23.1 Å². The number of halogens is 1. The SMILES string of the molecule is CC(C)(C)OC(=O)NCC1CCC(C(=O)N(c2ccc(-c3nn[nH]n3)cc2)[C@@H](Cc2ccc(Br)cc2)C(N)=O)CC1.NS(=O)(=O)c1cccc(-c2ccc(C[C@H](NC(=O)C3CCC(CNC(=O)O)CC3)C(=O)Nc3ccc(-c4nn[nH]n4)cc3)cc2)c1. The maximum atomic E-state index is 14.1. The zero-order valence-electron chi connectivity index (χ0n) is 48.2. The third-order valence-corrected chi connectivity index (χ3v) is 16.6. The Morgan fingerprint density at radius 1 is 0.690 bits per heavy atom. The lowest BCUT2D eigenvalue weighted by Gasteiger charge is -2.36. The first-order chi connectivity index (χ1) is 41.5. The quantitative estimate of drug-likeness (QED) is 0.0361. The van der Waals surface area contributed by atoms with Gasteiger partial charge in [-0.05, 0) is 189 Å². The van der Waals surface area contributed by atoms with Crippen molar-refractivity contribution in [2.75, 3.05) is 23.3 Å². The highest BCUT2D eigenvalue weighted by Crippen LogP contribution is 2.34. The molecule has 0 unspecified atom stereocenters. The molecule has 0 radical (unpaired) electrons. The largest absolute Gasteiger partial charge is 0.465 e. The second-order valence-corrected chi connectivity index (χ2v) is 25.1. The summed E-state index contributed by atoms with van der Waals surface area (Å²) in [7, 11) is -3.86. The first-order valence-corrected chi connectivity index (χ1v) is 30.7. The Hall–Kier alpha value is -8.95. The Labute approximate surface area is 511 Å². The summed E-state index contributed by atoms with van der Waals surface area (Å²) < 4.78 is 29.9. The summed E-state index contributed by atoms with van der Waals surface area (Å²) in [5.74, 6) is -0.683. The van der Waals surface area contributed by atoms with Crippen LogP contribution in [0.5, 0.6) is 0 Å². The van der Waals surface area contributed by atoms with E-state index < -0.39 is 51.7 Å². The van der Waals surface area contributed by atoms with Crippen LogP contribution in [0.1, 0.15) is 83.3 Å². The van der Waals surface area contributed by atoms with Crippen molar-refractivity contribution >= 4 is 73.1 Å². The summed E-state index contributed by atoms with van der Waals surface area (Å²) in [6.07, 6.45) is 4.38. The monoisotopic (exact) mass is 1270 g/mol.